The fourth-order valence-corrected chi connectivity index (χ4v) is 4.75. The van der Waals surface area contributed by atoms with E-state index in [-0.39, 0.29) is 12.4 Å². The van der Waals surface area contributed by atoms with Gasteiger partial charge in [-0.25, -0.2) is 4.79 Å². The van der Waals surface area contributed by atoms with Gasteiger partial charge in [0.25, 0.3) is 0 Å². The van der Waals surface area contributed by atoms with Crippen LogP contribution in [0, 0.1) is 0 Å². The van der Waals surface area contributed by atoms with E-state index in [1.807, 2.05) is 31.2 Å². The summed E-state index contributed by atoms with van der Waals surface area (Å²) in [5, 5.41) is 3.29. The summed E-state index contributed by atoms with van der Waals surface area (Å²) in [5.74, 6) is -0.152. The molecule has 1 atom stereocenters. The number of hydrogen-bond acceptors (Lipinski definition) is 6. The van der Waals surface area contributed by atoms with Gasteiger partial charge in [0.15, 0.2) is 5.78 Å². The second-order valence-electron chi connectivity index (χ2n) is 7.21. The minimum atomic E-state index is -0.660. The number of carbonyl (C=O) groups excluding carboxylic acids is 2. The van der Waals surface area contributed by atoms with Gasteiger partial charge in [0.2, 0.25) is 0 Å². The SMILES string of the molecule is CCOC(=O)C1=C(C)NC2=C(C(=O)c3ccccc32)[C@H]1c1cc(Br)c(OC)cc1OC. The number of ketones is 1. The van der Waals surface area contributed by atoms with E-state index in [0.29, 0.717) is 49.6 Å². The number of methoxy groups -OCH3 is 2. The van der Waals surface area contributed by atoms with Crippen LogP contribution in [-0.4, -0.2) is 32.6 Å². The zero-order valence-electron chi connectivity index (χ0n) is 17.7. The molecule has 1 aliphatic carbocycles. The Balaban J connectivity index is 1.99. The number of allylic oxidation sites excluding steroid dienone is 2. The first-order chi connectivity index (χ1) is 14.9. The standard InChI is InChI=1S/C24H22BrNO5/c1-5-31-24(28)19-12(2)26-22-13-8-6-7-9-14(13)23(27)21(22)20(19)15-10-16(25)18(30-4)11-17(15)29-3/h6-11,20,26H,5H2,1-4H3/t20-/m0/s1. The minimum absolute atomic E-state index is 0.119. The Hall–Kier alpha value is -3.06. The Bertz CT molecular complexity index is 1160. The molecule has 0 fully saturated rings. The number of benzene rings is 2. The Morgan fingerprint density at radius 3 is 2.42 bits per heavy atom. The summed E-state index contributed by atoms with van der Waals surface area (Å²) in [4.78, 5) is 26.5. The molecule has 0 aromatic heterocycles. The van der Waals surface area contributed by atoms with Crippen molar-refractivity contribution in [3.8, 4) is 11.5 Å². The van der Waals surface area contributed by atoms with Gasteiger partial charge in [-0.15, -0.1) is 0 Å². The van der Waals surface area contributed by atoms with E-state index < -0.39 is 11.9 Å². The molecule has 7 heteroatoms. The van der Waals surface area contributed by atoms with Gasteiger partial charge in [-0.1, -0.05) is 24.3 Å². The fourth-order valence-electron chi connectivity index (χ4n) is 4.23. The van der Waals surface area contributed by atoms with E-state index in [1.54, 1.807) is 33.3 Å². The fraction of sp³-hybridized carbons (Fsp3) is 0.250. The van der Waals surface area contributed by atoms with Gasteiger partial charge in [0.1, 0.15) is 11.5 Å². The lowest BCUT2D eigenvalue weighted by molar-refractivity contribution is -0.138. The molecule has 1 heterocycles. The molecule has 2 aromatic carbocycles. The lowest BCUT2D eigenvalue weighted by atomic mass is 9.79. The quantitative estimate of drug-likeness (QED) is 0.626. The average Bonchev–Trinajstić information content (AvgIpc) is 3.04. The predicted molar refractivity (Wildman–Crippen MR) is 120 cm³/mol. The number of halogens is 1. The topological polar surface area (TPSA) is 73.9 Å². The maximum Gasteiger partial charge on any atom is 0.336 e. The second-order valence-corrected chi connectivity index (χ2v) is 8.06. The normalized spacial score (nSPS) is 17.2. The third kappa shape index (κ3) is 3.33. The first-order valence-corrected chi connectivity index (χ1v) is 10.7. The number of hydrogen-bond donors (Lipinski definition) is 1. The highest BCUT2D eigenvalue weighted by Crippen LogP contribution is 2.50. The number of Topliss-reactive ketones (excluding diaryl/α,β-unsaturated/α-hetero) is 1. The molecular formula is C24H22BrNO5. The Labute approximate surface area is 189 Å². The molecule has 0 amide bonds. The monoisotopic (exact) mass is 483 g/mol. The van der Waals surface area contributed by atoms with Crippen LogP contribution in [0.5, 0.6) is 11.5 Å². The van der Waals surface area contributed by atoms with Crippen LogP contribution in [0.1, 0.15) is 41.3 Å². The largest absolute Gasteiger partial charge is 0.496 e. The van der Waals surface area contributed by atoms with Crippen molar-refractivity contribution in [3.63, 3.8) is 0 Å². The van der Waals surface area contributed by atoms with Crippen LogP contribution in [0.25, 0.3) is 5.70 Å². The zero-order chi connectivity index (χ0) is 22.3. The number of nitrogens with one attached hydrogen (secondary N) is 1. The van der Waals surface area contributed by atoms with E-state index in [2.05, 4.69) is 21.2 Å². The summed E-state index contributed by atoms with van der Waals surface area (Å²) in [7, 11) is 3.12. The van der Waals surface area contributed by atoms with Crippen molar-refractivity contribution in [2.75, 3.05) is 20.8 Å². The van der Waals surface area contributed by atoms with E-state index in [9.17, 15) is 9.59 Å². The van der Waals surface area contributed by atoms with Crippen LogP contribution < -0.4 is 14.8 Å². The number of fused-ring (bicyclic) bond motifs is 2. The number of dihydropyridines is 1. The van der Waals surface area contributed by atoms with Crippen LogP contribution >= 0.6 is 15.9 Å². The second kappa shape index (κ2) is 8.23. The highest BCUT2D eigenvalue weighted by atomic mass is 79.9. The molecule has 0 radical (unpaired) electrons. The van der Waals surface area contributed by atoms with Crippen LogP contribution in [0.15, 0.2) is 57.7 Å². The van der Waals surface area contributed by atoms with Crippen molar-refractivity contribution in [1.29, 1.82) is 0 Å². The summed E-state index contributed by atoms with van der Waals surface area (Å²) >= 11 is 3.53. The van der Waals surface area contributed by atoms with E-state index in [4.69, 9.17) is 14.2 Å². The first-order valence-electron chi connectivity index (χ1n) is 9.87. The van der Waals surface area contributed by atoms with Gasteiger partial charge < -0.3 is 19.5 Å². The van der Waals surface area contributed by atoms with Crippen LogP contribution in [0.3, 0.4) is 0 Å². The molecule has 0 saturated heterocycles. The molecule has 31 heavy (non-hydrogen) atoms. The third-order valence-corrected chi connectivity index (χ3v) is 6.18. The maximum atomic E-state index is 13.5. The molecule has 160 valence electrons. The van der Waals surface area contributed by atoms with Crippen LogP contribution in [-0.2, 0) is 9.53 Å². The molecule has 0 unspecified atom stereocenters. The summed E-state index contributed by atoms with van der Waals surface area (Å²) in [6.07, 6.45) is 0. The van der Waals surface area contributed by atoms with Crippen LogP contribution in [0.4, 0.5) is 0 Å². The zero-order valence-corrected chi connectivity index (χ0v) is 19.3. The average molecular weight is 484 g/mol. The summed E-state index contributed by atoms with van der Waals surface area (Å²) in [5.41, 5.74) is 4.34. The van der Waals surface area contributed by atoms with Gasteiger partial charge in [0.05, 0.1) is 42.5 Å². The summed E-state index contributed by atoms with van der Waals surface area (Å²) in [6, 6.07) is 11.0. The van der Waals surface area contributed by atoms with Crippen molar-refractivity contribution in [2.24, 2.45) is 0 Å². The molecule has 0 bridgehead atoms. The van der Waals surface area contributed by atoms with Gasteiger partial charge >= 0.3 is 5.97 Å². The lowest BCUT2D eigenvalue weighted by Gasteiger charge is -2.30. The first kappa shape index (κ1) is 21.2. The van der Waals surface area contributed by atoms with E-state index in [0.717, 1.165) is 5.56 Å². The molecule has 1 aliphatic heterocycles. The molecule has 2 aromatic rings. The highest BCUT2D eigenvalue weighted by Gasteiger charge is 2.44. The lowest BCUT2D eigenvalue weighted by Crippen LogP contribution is -2.29. The molecule has 1 N–H and O–H groups in total. The van der Waals surface area contributed by atoms with Gasteiger partial charge in [-0.3, -0.25) is 4.79 Å². The van der Waals surface area contributed by atoms with Crippen molar-refractivity contribution in [3.05, 3.63) is 74.4 Å². The van der Waals surface area contributed by atoms with E-state index >= 15 is 0 Å². The molecular weight excluding hydrogens is 462 g/mol. The highest BCUT2D eigenvalue weighted by molar-refractivity contribution is 9.10. The Morgan fingerprint density at radius 2 is 1.77 bits per heavy atom. The summed E-state index contributed by atoms with van der Waals surface area (Å²) in [6.45, 7) is 3.80. The van der Waals surface area contributed by atoms with Gasteiger partial charge in [-0.05, 0) is 35.8 Å². The molecule has 2 aliphatic rings. The van der Waals surface area contributed by atoms with Gasteiger partial charge in [-0.2, -0.15) is 0 Å². The van der Waals surface area contributed by atoms with Crippen LogP contribution in [0.2, 0.25) is 0 Å². The van der Waals surface area contributed by atoms with E-state index in [1.165, 1.54) is 0 Å². The minimum Gasteiger partial charge on any atom is -0.496 e. The molecule has 4 rings (SSSR count). The smallest absolute Gasteiger partial charge is 0.336 e. The Morgan fingerprint density at radius 1 is 1.10 bits per heavy atom. The van der Waals surface area contributed by atoms with Crippen molar-refractivity contribution in [1.82, 2.24) is 5.32 Å². The Kier molecular flexibility index (Phi) is 5.62. The van der Waals surface area contributed by atoms with Crippen molar-refractivity contribution >= 4 is 33.4 Å². The number of esters is 1. The number of carbonyl (C=O) groups is 2. The number of rotatable bonds is 5. The molecule has 0 saturated carbocycles. The molecule has 6 nitrogen and oxygen atoms in total. The maximum absolute atomic E-state index is 13.5. The van der Waals surface area contributed by atoms with Crippen molar-refractivity contribution in [2.45, 2.75) is 19.8 Å². The summed E-state index contributed by atoms with van der Waals surface area (Å²) < 4.78 is 17.1. The molecule has 0 spiro atoms. The number of ether oxygens (including phenoxy) is 3. The van der Waals surface area contributed by atoms with Gasteiger partial charge in [0, 0.05) is 34.0 Å². The van der Waals surface area contributed by atoms with Crippen molar-refractivity contribution < 1.29 is 23.8 Å². The third-order valence-electron chi connectivity index (χ3n) is 5.56. The predicted octanol–water partition coefficient (Wildman–Crippen LogP) is 4.60.